The molecule has 0 saturated carbocycles. The number of ether oxygens (including phenoxy) is 1. The van der Waals surface area contributed by atoms with Gasteiger partial charge in [-0.2, -0.15) is 0 Å². The minimum atomic E-state index is -1.16. The van der Waals surface area contributed by atoms with E-state index in [2.05, 4.69) is 32.4 Å². The third-order valence-electron chi connectivity index (χ3n) is 8.96. The van der Waals surface area contributed by atoms with Crippen molar-refractivity contribution in [1.82, 2.24) is 20.6 Å². The van der Waals surface area contributed by atoms with Crippen molar-refractivity contribution in [1.29, 1.82) is 0 Å². The van der Waals surface area contributed by atoms with Crippen LogP contribution in [0.25, 0.3) is 22.5 Å². The third kappa shape index (κ3) is 10.1. The minimum Gasteiger partial charge on any atom is -0.494 e. The SMILES string of the molecule is CCCCCCCOc1ccc(-c2cnc(-c3ccc(CC(NC(=O)c4ccc(N5CCCC5)cc4)C(=O)NC(C)C(=O)O)cc3)nc2)cc1. The molecule has 2 unspecified atom stereocenters. The van der Waals surface area contributed by atoms with Gasteiger partial charge in [-0.15, -0.1) is 0 Å². The maximum atomic E-state index is 13.2. The van der Waals surface area contributed by atoms with Crippen LogP contribution in [0.4, 0.5) is 5.69 Å². The van der Waals surface area contributed by atoms with Gasteiger partial charge in [0.25, 0.3) is 5.91 Å². The van der Waals surface area contributed by atoms with E-state index in [0.717, 1.165) is 72.6 Å². The summed E-state index contributed by atoms with van der Waals surface area (Å²) in [6.07, 6.45) is 12.1. The molecule has 3 aromatic carbocycles. The molecule has 1 aromatic heterocycles. The highest BCUT2D eigenvalue weighted by atomic mass is 16.5. The van der Waals surface area contributed by atoms with Crippen LogP contribution in [0.15, 0.2) is 85.2 Å². The fourth-order valence-corrected chi connectivity index (χ4v) is 5.92. The van der Waals surface area contributed by atoms with Gasteiger partial charge in [-0.05, 0) is 73.7 Å². The molecular formula is C40H47N5O5. The highest BCUT2D eigenvalue weighted by Crippen LogP contribution is 2.24. The number of hydrogen-bond acceptors (Lipinski definition) is 7. The Kier molecular flexibility index (Phi) is 12.9. The largest absolute Gasteiger partial charge is 0.494 e. The summed E-state index contributed by atoms with van der Waals surface area (Å²) in [5.74, 6) is -0.744. The molecule has 5 rings (SSSR count). The van der Waals surface area contributed by atoms with Crippen molar-refractivity contribution < 1.29 is 24.2 Å². The summed E-state index contributed by atoms with van der Waals surface area (Å²) >= 11 is 0. The van der Waals surface area contributed by atoms with E-state index in [9.17, 15) is 19.5 Å². The standard InChI is InChI=1S/C40H47N5O5/c1-3-4-5-6-9-24-50-35-20-16-30(17-21-35)33-26-41-37(42-27-33)31-12-10-29(11-13-31)25-36(39(47)43-28(2)40(48)49)44-38(46)32-14-18-34(19-15-32)45-22-7-8-23-45/h10-21,26-28,36H,3-9,22-25H2,1-2H3,(H,43,47)(H,44,46)(H,48,49). The maximum absolute atomic E-state index is 13.2. The molecule has 4 aromatic rings. The van der Waals surface area contributed by atoms with Crippen LogP contribution in [0.2, 0.25) is 0 Å². The smallest absolute Gasteiger partial charge is 0.325 e. The van der Waals surface area contributed by atoms with E-state index in [1.165, 1.54) is 32.6 Å². The van der Waals surface area contributed by atoms with Gasteiger partial charge in [-0.1, -0.05) is 69.0 Å². The average molecular weight is 678 g/mol. The van der Waals surface area contributed by atoms with Crippen molar-refractivity contribution in [3.63, 3.8) is 0 Å². The molecule has 2 amide bonds. The molecular weight excluding hydrogens is 630 g/mol. The number of carbonyl (C=O) groups is 3. The zero-order chi connectivity index (χ0) is 35.3. The second-order valence-electron chi connectivity index (χ2n) is 12.8. The molecule has 0 aliphatic carbocycles. The number of hydrogen-bond donors (Lipinski definition) is 3. The Morgan fingerprint density at radius 2 is 1.44 bits per heavy atom. The summed E-state index contributed by atoms with van der Waals surface area (Å²) in [6.45, 7) is 6.31. The molecule has 1 aliphatic heterocycles. The topological polar surface area (TPSA) is 134 Å². The molecule has 50 heavy (non-hydrogen) atoms. The highest BCUT2D eigenvalue weighted by Gasteiger charge is 2.25. The molecule has 1 saturated heterocycles. The van der Waals surface area contributed by atoms with Crippen molar-refractivity contribution in [3.05, 3.63) is 96.3 Å². The van der Waals surface area contributed by atoms with Crippen LogP contribution in [0, 0.1) is 0 Å². The highest BCUT2D eigenvalue weighted by molar-refractivity contribution is 5.98. The first kappa shape index (κ1) is 36.0. The number of aliphatic carboxylic acids is 1. The predicted octanol–water partition coefficient (Wildman–Crippen LogP) is 6.69. The number of carboxylic acid groups (broad SMARTS) is 1. The van der Waals surface area contributed by atoms with Crippen molar-refractivity contribution >= 4 is 23.5 Å². The van der Waals surface area contributed by atoms with Crippen LogP contribution in [0.5, 0.6) is 5.75 Å². The van der Waals surface area contributed by atoms with Gasteiger partial charge in [0.2, 0.25) is 5.91 Å². The molecule has 1 aliphatic rings. The second kappa shape index (κ2) is 17.9. The zero-order valence-corrected chi connectivity index (χ0v) is 28.9. The van der Waals surface area contributed by atoms with E-state index < -0.39 is 29.9 Å². The van der Waals surface area contributed by atoms with Crippen LogP contribution < -0.4 is 20.3 Å². The normalized spacial score (nSPS) is 13.8. The third-order valence-corrected chi connectivity index (χ3v) is 8.96. The molecule has 10 heteroatoms. The molecule has 0 spiro atoms. The van der Waals surface area contributed by atoms with E-state index in [0.29, 0.717) is 11.4 Å². The summed E-state index contributed by atoms with van der Waals surface area (Å²) in [5.41, 5.74) is 4.94. The van der Waals surface area contributed by atoms with Crippen LogP contribution >= 0.6 is 0 Å². The quantitative estimate of drug-likeness (QED) is 0.105. The number of benzene rings is 3. The summed E-state index contributed by atoms with van der Waals surface area (Å²) in [5, 5.41) is 14.7. The van der Waals surface area contributed by atoms with Gasteiger partial charge in [0.05, 0.1) is 6.61 Å². The number of rotatable bonds is 17. The number of unbranched alkanes of at least 4 members (excludes halogenated alkanes) is 4. The number of nitrogens with one attached hydrogen (secondary N) is 2. The molecule has 2 heterocycles. The van der Waals surface area contributed by atoms with Gasteiger partial charge in [-0.25, -0.2) is 9.97 Å². The molecule has 0 radical (unpaired) electrons. The van der Waals surface area contributed by atoms with Gasteiger partial charge in [0.1, 0.15) is 17.8 Å². The lowest BCUT2D eigenvalue weighted by Gasteiger charge is -2.21. The van der Waals surface area contributed by atoms with E-state index >= 15 is 0 Å². The monoisotopic (exact) mass is 677 g/mol. The zero-order valence-electron chi connectivity index (χ0n) is 28.9. The minimum absolute atomic E-state index is 0.161. The van der Waals surface area contributed by atoms with Crippen LogP contribution in [-0.4, -0.2) is 64.6 Å². The molecule has 262 valence electrons. The fourth-order valence-electron chi connectivity index (χ4n) is 5.92. The Morgan fingerprint density at radius 1 is 0.800 bits per heavy atom. The maximum Gasteiger partial charge on any atom is 0.325 e. The molecule has 10 nitrogen and oxygen atoms in total. The number of amides is 2. The van der Waals surface area contributed by atoms with Crippen LogP contribution in [-0.2, 0) is 16.0 Å². The molecule has 2 atom stereocenters. The van der Waals surface area contributed by atoms with Crippen molar-refractivity contribution in [2.75, 3.05) is 24.6 Å². The van der Waals surface area contributed by atoms with Crippen LogP contribution in [0.3, 0.4) is 0 Å². The predicted molar refractivity (Wildman–Crippen MR) is 195 cm³/mol. The van der Waals surface area contributed by atoms with Gasteiger partial charge in [0, 0.05) is 54.3 Å². The first-order chi connectivity index (χ1) is 24.3. The lowest BCUT2D eigenvalue weighted by atomic mass is 10.0. The Hall–Kier alpha value is -5.25. The summed E-state index contributed by atoms with van der Waals surface area (Å²) in [6, 6.07) is 20.6. The first-order valence-electron chi connectivity index (χ1n) is 17.6. The number of carbonyl (C=O) groups excluding carboxylic acids is 2. The lowest BCUT2D eigenvalue weighted by molar-refractivity contribution is -0.141. The first-order valence-corrected chi connectivity index (χ1v) is 17.6. The summed E-state index contributed by atoms with van der Waals surface area (Å²) in [4.78, 5) is 49.3. The van der Waals surface area contributed by atoms with Crippen molar-refractivity contribution in [3.8, 4) is 28.3 Å². The van der Waals surface area contributed by atoms with E-state index in [1.54, 1.807) is 24.5 Å². The Balaban J connectivity index is 1.20. The van der Waals surface area contributed by atoms with Gasteiger partial charge in [0.15, 0.2) is 5.82 Å². The van der Waals surface area contributed by atoms with E-state index in [4.69, 9.17) is 4.74 Å². The fraction of sp³-hybridized carbons (Fsp3) is 0.375. The summed E-state index contributed by atoms with van der Waals surface area (Å²) in [7, 11) is 0. The lowest BCUT2D eigenvalue weighted by Crippen LogP contribution is -2.51. The number of nitrogens with zero attached hydrogens (tertiary/aromatic N) is 3. The van der Waals surface area contributed by atoms with Crippen molar-refractivity contribution in [2.24, 2.45) is 0 Å². The molecule has 0 bridgehead atoms. The van der Waals surface area contributed by atoms with E-state index in [1.807, 2.05) is 60.7 Å². The Bertz CT molecular complexity index is 1690. The number of aromatic nitrogens is 2. The van der Waals surface area contributed by atoms with Crippen molar-refractivity contribution in [2.45, 2.75) is 77.3 Å². The second-order valence-corrected chi connectivity index (χ2v) is 12.8. The summed E-state index contributed by atoms with van der Waals surface area (Å²) < 4.78 is 5.89. The van der Waals surface area contributed by atoms with Gasteiger partial charge >= 0.3 is 5.97 Å². The average Bonchev–Trinajstić information content (AvgIpc) is 3.69. The molecule has 1 fully saturated rings. The van der Waals surface area contributed by atoms with Gasteiger partial charge < -0.3 is 25.4 Å². The number of anilines is 1. The van der Waals surface area contributed by atoms with E-state index in [-0.39, 0.29) is 6.42 Å². The Morgan fingerprint density at radius 3 is 2.08 bits per heavy atom. The molecule has 3 N–H and O–H groups in total. The van der Waals surface area contributed by atoms with Gasteiger partial charge in [-0.3, -0.25) is 14.4 Å². The van der Waals surface area contributed by atoms with Crippen LogP contribution in [0.1, 0.15) is 74.7 Å². The Labute approximate surface area is 294 Å². The number of carboxylic acids is 1.